The van der Waals surface area contributed by atoms with Crippen LogP contribution in [0.2, 0.25) is 0 Å². The van der Waals surface area contributed by atoms with Crippen LogP contribution in [-0.4, -0.2) is 30.6 Å². The van der Waals surface area contributed by atoms with Gasteiger partial charge in [-0.2, -0.15) is 0 Å². The molecule has 0 unspecified atom stereocenters. The van der Waals surface area contributed by atoms with Crippen molar-refractivity contribution in [2.24, 2.45) is 4.99 Å². The Balaban J connectivity index is 2.05. The van der Waals surface area contributed by atoms with Crippen molar-refractivity contribution in [3.8, 4) is 0 Å². The molecule has 0 aliphatic rings. The van der Waals surface area contributed by atoms with Crippen molar-refractivity contribution in [3.63, 3.8) is 0 Å². The first-order chi connectivity index (χ1) is 10.3. The maximum absolute atomic E-state index is 4.60. The highest BCUT2D eigenvalue weighted by molar-refractivity contribution is 5.86. The Labute approximate surface area is 126 Å². The molecule has 1 heterocycles. The van der Waals surface area contributed by atoms with Crippen molar-refractivity contribution in [3.05, 3.63) is 48.2 Å². The Bertz CT molecular complexity index is 625. The van der Waals surface area contributed by atoms with Gasteiger partial charge in [0.05, 0.1) is 0 Å². The van der Waals surface area contributed by atoms with E-state index in [9.17, 15) is 0 Å². The molecule has 4 heteroatoms. The first-order valence-corrected chi connectivity index (χ1v) is 7.45. The molecule has 2 aromatic rings. The first kappa shape index (κ1) is 15.2. The minimum absolute atomic E-state index is 0.720. The van der Waals surface area contributed by atoms with Crippen LogP contribution in [-0.2, 0) is 6.42 Å². The molecule has 0 saturated heterocycles. The number of aromatic amines is 1. The number of aryl methyl sites for hydroxylation is 1. The van der Waals surface area contributed by atoms with Crippen LogP contribution in [0.3, 0.4) is 0 Å². The second-order valence-corrected chi connectivity index (χ2v) is 4.99. The van der Waals surface area contributed by atoms with E-state index in [1.807, 2.05) is 6.08 Å². The van der Waals surface area contributed by atoms with Crippen molar-refractivity contribution < 1.29 is 0 Å². The third kappa shape index (κ3) is 3.88. The Kier molecular flexibility index (Phi) is 5.43. The molecule has 0 saturated carbocycles. The van der Waals surface area contributed by atoms with E-state index in [0.29, 0.717) is 0 Å². The predicted molar refractivity (Wildman–Crippen MR) is 90.9 cm³/mol. The highest BCUT2D eigenvalue weighted by Gasteiger charge is 2.05. The van der Waals surface area contributed by atoms with Gasteiger partial charge in [0.2, 0.25) is 0 Å². The third-order valence-corrected chi connectivity index (χ3v) is 3.40. The molecule has 0 amide bonds. The van der Waals surface area contributed by atoms with Gasteiger partial charge in [0.25, 0.3) is 0 Å². The molecule has 0 fully saturated rings. The van der Waals surface area contributed by atoms with Gasteiger partial charge in [0.15, 0.2) is 5.96 Å². The number of aliphatic imine (C=N–C) groups is 1. The van der Waals surface area contributed by atoms with E-state index in [-0.39, 0.29) is 0 Å². The van der Waals surface area contributed by atoms with E-state index in [1.54, 1.807) is 0 Å². The predicted octanol–water partition coefficient (Wildman–Crippen LogP) is 2.76. The van der Waals surface area contributed by atoms with E-state index >= 15 is 0 Å². The average Bonchev–Trinajstić information content (AvgIpc) is 2.89. The number of aromatic nitrogens is 1. The summed E-state index contributed by atoms with van der Waals surface area (Å²) in [5, 5.41) is 7.77. The lowest BCUT2D eigenvalue weighted by Gasteiger charge is -2.09. The average molecular weight is 284 g/mol. The van der Waals surface area contributed by atoms with Gasteiger partial charge in [-0.3, -0.25) is 4.99 Å². The van der Waals surface area contributed by atoms with Gasteiger partial charge >= 0.3 is 0 Å². The zero-order chi connectivity index (χ0) is 15.1. The van der Waals surface area contributed by atoms with Crippen LogP contribution in [0, 0.1) is 6.92 Å². The van der Waals surface area contributed by atoms with Gasteiger partial charge in [-0.15, -0.1) is 6.58 Å². The second-order valence-electron chi connectivity index (χ2n) is 4.99. The topological polar surface area (TPSA) is 52.2 Å². The van der Waals surface area contributed by atoms with Crippen LogP contribution < -0.4 is 10.6 Å². The van der Waals surface area contributed by atoms with Crippen molar-refractivity contribution >= 4 is 16.9 Å². The van der Waals surface area contributed by atoms with Gasteiger partial charge < -0.3 is 15.6 Å². The summed E-state index contributed by atoms with van der Waals surface area (Å²) in [7, 11) is 0. The standard InChI is InChI=1S/C17H24N4/c1-4-10-19-17(18-5-2)20-11-9-14-12-21-15-8-6-7-13(3)16(14)15/h4,6-8,12,21H,1,5,9-11H2,2-3H3,(H2,18,19,20). The van der Waals surface area contributed by atoms with E-state index in [4.69, 9.17) is 0 Å². The van der Waals surface area contributed by atoms with E-state index < -0.39 is 0 Å². The molecule has 1 aromatic carbocycles. The first-order valence-electron chi connectivity index (χ1n) is 7.45. The number of hydrogen-bond donors (Lipinski definition) is 3. The Hall–Kier alpha value is -2.23. The minimum Gasteiger partial charge on any atom is -0.361 e. The summed E-state index contributed by atoms with van der Waals surface area (Å²) < 4.78 is 0. The summed E-state index contributed by atoms with van der Waals surface area (Å²) in [5.41, 5.74) is 3.83. The normalized spacial score (nSPS) is 11.6. The molecule has 0 aliphatic carbocycles. The van der Waals surface area contributed by atoms with Gasteiger partial charge in [0, 0.05) is 36.7 Å². The van der Waals surface area contributed by atoms with Crippen LogP contribution in [0.4, 0.5) is 0 Å². The van der Waals surface area contributed by atoms with Crippen molar-refractivity contribution in [1.29, 1.82) is 0 Å². The van der Waals surface area contributed by atoms with Crippen LogP contribution in [0.15, 0.2) is 42.0 Å². The van der Waals surface area contributed by atoms with Gasteiger partial charge in [0.1, 0.15) is 0 Å². The quantitative estimate of drug-likeness (QED) is 0.434. The Morgan fingerprint density at radius 3 is 3.00 bits per heavy atom. The van der Waals surface area contributed by atoms with Crippen LogP contribution in [0.25, 0.3) is 10.9 Å². The lowest BCUT2D eigenvalue weighted by Crippen LogP contribution is -2.37. The van der Waals surface area contributed by atoms with Crippen molar-refractivity contribution in [1.82, 2.24) is 15.6 Å². The number of hydrogen-bond acceptors (Lipinski definition) is 1. The molecule has 0 bridgehead atoms. The largest absolute Gasteiger partial charge is 0.361 e. The lowest BCUT2D eigenvalue weighted by molar-refractivity contribution is 0.852. The number of guanidine groups is 1. The van der Waals surface area contributed by atoms with Crippen LogP contribution in [0.5, 0.6) is 0 Å². The molecule has 0 aliphatic heterocycles. The van der Waals surface area contributed by atoms with E-state index in [2.05, 4.69) is 65.4 Å². The van der Waals surface area contributed by atoms with Crippen LogP contribution >= 0.6 is 0 Å². The zero-order valence-electron chi connectivity index (χ0n) is 12.9. The van der Waals surface area contributed by atoms with Gasteiger partial charge in [-0.1, -0.05) is 18.2 Å². The molecule has 2 rings (SSSR count). The molecule has 0 spiro atoms. The Morgan fingerprint density at radius 2 is 2.24 bits per heavy atom. The number of rotatable bonds is 6. The fourth-order valence-electron chi connectivity index (χ4n) is 2.45. The molecule has 0 atom stereocenters. The second kappa shape index (κ2) is 7.53. The highest BCUT2D eigenvalue weighted by Crippen LogP contribution is 2.22. The summed E-state index contributed by atoms with van der Waals surface area (Å²) in [4.78, 5) is 7.93. The third-order valence-electron chi connectivity index (χ3n) is 3.40. The summed E-state index contributed by atoms with van der Waals surface area (Å²) in [5.74, 6) is 0.842. The molecule has 1 aromatic heterocycles. The number of nitrogens with one attached hydrogen (secondary N) is 3. The summed E-state index contributed by atoms with van der Waals surface area (Å²) in [6.07, 6.45) is 4.85. The molecule has 0 radical (unpaired) electrons. The molecular weight excluding hydrogens is 260 g/mol. The minimum atomic E-state index is 0.720. The molecule has 21 heavy (non-hydrogen) atoms. The zero-order valence-corrected chi connectivity index (χ0v) is 12.9. The highest BCUT2D eigenvalue weighted by atomic mass is 15.2. The van der Waals surface area contributed by atoms with E-state index in [1.165, 1.54) is 22.0 Å². The van der Waals surface area contributed by atoms with Crippen molar-refractivity contribution in [2.75, 3.05) is 19.6 Å². The lowest BCUT2D eigenvalue weighted by atomic mass is 10.1. The summed E-state index contributed by atoms with van der Waals surface area (Å²) >= 11 is 0. The molecule has 4 nitrogen and oxygen atoms in total. The fourth-order valence-corrected chi connectivity index (χ4v) is 2.45. The summed E-state index contributed by atoms with van der Waals surface area (Å²) in [6.45, 7) is 10.3. The maximum atomic E-state index is 4.60. The molecule has 112 valence electrons. The number of H-pyrrole nitrogens is 1. The monoisotopic (exact) mass is 284 g/mol. The maximum Gasteiger partial charge on any atom is 0.191 e. The van der Waals surface area contributed by atoms with Gasteiger partial charge in [-0.25, -0.2) is 0 Å². The number of nitrogens with zero attached hydrogens (tertiary/aromatic N) is 1. The SMILES string of the molecule is C=CCNC(=NCCc1c[nH]c2cccc(C)c12)NCC. The number of benzene rings is 1. The fraction of sp³-hybridized carbons (Fsp3) is 0.353. The Morgan fingerprint density at radius 1 is 1.38 bits per heavy atom. The van der Waals surface area contributed by atoms with Crippen molar-refractivity contribution in [2.45, 2.75) is 20.3 Å². The van der Waals surface area contributed by atoms with E-state index in [0.717, 1.165) is 32.0 Å². The number of fused-ring (bicyclic) bond motifs is 1. The van der Waals surface area contributed by atoms with Gasteiger partial charge in [-0.05, 0) is 37.5 Å². The molecule has 3 N–H and O–H groups in total. The molecular formula is C17H24N4. The smallest absolute Gasteiger partial charge is 0.191 e. The summed E-state index contributed by atoms with van der Waals surface area (Å²) in [6, 6.07) is 6.35. The van der Waals surface area contributed by atoms with Crippen LogP contribution in [0.1, 0.15) is 18.1 Å².